The third-order valence-corrected chi connectivity index (χ3v) is 6.38. The molecule has 27 heavy (non-hydrogen) atoms. The van der Waals surface area contributed by atoms with Crippen LogP contribution >= 0.6 is 11.3 Å². The first kappa shape index (κ1) is 26.0. The Hall–Kier alpha value is -0.956. The monoisotopic (exact) mass is 486 g/mol. The summed E-state index contributed by atoms with van der Waals surface area (Å²) in [4.78, 5) is 4.46. The van der Waals surface area contributed by atoms with E-state index in [1.54, 1.807) is 25.1 Å². The maximum absolute atomic E-state index is 12.8. The number of rotatable bonds is 3. The molecule has 1 aromatic carbocycles. The van der Waals surface area contributed by atoms with Crippen LogP contribution in [0.25, 0.3) is 10.7 Å². The van der Waals surface area contributed by atoms with Crippen molar-refractivity contribution in [2.24, 2.45) is 0 Å². The molecule has 0 atom stereocenters. The summed E-state index contributed by atoms with van der Waals surface area (Å²) >= 11 is 1.13. The number of fused-ring (bicyclic) bond motifs is 1. The van der Waals surface area contributed by atoms with Crippen LogP contribution < -0.4 is 9.04 Å². The number of thiazole rings is 1. The molecule has 3 rings (SSSR count). The van der Waals surface area contributed by atoms with E-state index in [4.69, 9.17) is 4.74 Å². The van der Waals surface area contributed by atoms with E-state index >= 15 is 0 Å². The number of sulfonamides is 1. The summed E-state index contributed by atoms with van der Waals surface area (Å²) in [7, 11) is -2.47. The van der Waals surface area contributed by atoms with Crippen LogP contribution in [0.15, 0.2) is 24.3 Å². The van der Waals surface area contributed by atoms with Gasteiger partial charge in [-0.1, -0.05) is 49.4 Å². The van der Waals surface area contributed by atoms with Gasteiger partial charge in [-0.15, -0.1) is 0 Å². The molecule has 1 N–H and O–H groups in total. The van der Waals surface area contributed by atoms with Gasteiger partial charge in [-0.25, -0.2) is 8.42 Å². The maximum atomic E-state index is 12.8. The van der Waals surface area contributed by atoms with Crippen molar-refractivity contribution in [3.63, 3.8) is 0 Å². The maximum Gasteiger partial charge on any atom is 0.275 e. The molecule has 2 aromatic rings. The number of nitrogens with zero attached hydrogens (tertiary/aromatic N) is 2. The molecular formula is C18H25N2O4S2Y-. The molecule has 1 aliphatic heterocycles. The molecule has 1 aromatic heterocycles. The summed E-state index contributed by atoms with van der Waals surface area (Å²) in [5, 5.41) is 11.0. The molecule has 0 unspecified atom stereocenters. The predicted molar refractivity (Wildman–Crippen MR) is 109 cm³/mol. The van der Waals surface area contributed by atoms with Crippen LogP contribution in [0.4, 0.5) is 5.82 Å². The molecule has 6 nitrogen and oxygen atoms in total. The summed E-state index contributed by atoms with van der Waals surface area (Å²) in [6.45, 7) is 8.03. The molecule has 1 aliphatic rings. The van der Waals surface area contributed by atoms with Gasteiger partial charge in [0.05, 0.1) is 6.61 Å². The van der Waals surface area contributed by atoms with E-state index in [9.17, 15) is 13.5 Å². The topological polar surface area (TPSA) is 79.7 Å². The number of hydrogen-bond donors (Lipinski definition) is 1. The second-order valence-corrected chi connectivity index (χ2v) is 7.90. The number of aryl methyl sites for hydroxylation is 1. The third kappa shape index (κ3) is 4.73. The minimum absolute atomic E-state index is 0. The summed E-state index contributed by atoms with van der Waals surface area (Å²) in [5.74, 6) is -0.0934. The molecule has 2 heterocycles. The zero-order valence-corrected chi connectivity index (χ0v) is 20.9. The smallest absolute Gasteiger partial charge is 0.275 e. The number of ether oxygens (including phenoxy) is 1. The van der Waals surface area contributed by atoms with Crippen LogP contribution in [-0.2, 0) is 42.7 Å². The number of hydrogen-bond acceptors (Lipinski definition) is 6. The molecule has 1 radical (unpaired) electrons. The number of benzene rings is 1. The van der Waals surface area contributed by atoms with Crippen LogP contribution in [0.5, 0.6) is 5.19 Å². The Balaban J connectivity index is 0.00000164. The molecule has 0 saturated carbocycles. The first-order valence-electron chi connectivity index (χ1n) is 8.00. The second-order valence-electron chi connectivity index (χ2n) is 5.03. The summed E-state index contributed by atoms with van der Waals surface area (Å²) in [6, 6.07) is 7.05. The Morgan fingerprint density at radius 2 is 1.85 bits per heavy atom. The molecule has 0 bridgehead atoms. The van der Waals surface area contributed by atoms with Crippen LogP contribution in [0.3, 0.4) is 0 Å². The van der Waals surface area contributed by atoms with Gasteiger partial charge in [0.15, 0.2) is 11.6 Å². The van der Waals surface area contributed by atoms with Crippen LogP contribution in [0.1, 0.15) is 36.8 Å². The first-order chi connectivity index (χ1) is 11.9. The normalized spacial score (nSPS) is 14.2. The van der Waals surface area contributed by atoms with Crippen molar-refractivity contribution >= 4 is 37.8 Å². The Labute approximate surface area is 191 Å². The van der Waals surface area contributed by atoms with E-state index in [0.717, 1.165) is 21.2 Å². The first-order valence-corrected chi connectivity index (χ1v) is 10.3. The zero-order chi connectivity index (χ0) is 18.8. The quantitative estimate of drug-likeness (QED) is 0.647. The van der Waals surface area contributed by atoms with E-state index in [2.05, 4.69) is 4.98 Å². The minimum Gasteiger partial charge on any atom is -0.505 e. The third-order valence-electron chi connectivity index (χ3n) is 3.59. The van der Waals surface area contributed by atoms with E-state index in [-0.39, 0.29) is 56.6 Å². The van der Waals surface area contributed by atoms with E-state index in [0.29, 0.717) is 22.2 Å². The number of anilines is 1. The minimum atomic E-state index is -3.89. The van der Waals surface area contributed by atoms with Crippen molar-refractivity contribution in [2.45, 2.75) is 27.7 Å². The van der Waals surface area contributed by atoms with Crippen molar-refractivity contribution < 1.29 is 51.0 Å². The molecule has 0 aliphatic carbocycles. The van der Waals surface area contributed by atoms with Gasteiger partial charge in [-0.3, -0.25) is 4.31 Å². The van der Waals surface area contributed by atoms with Gasteiger partial charge in [0.1, 0.15) is 9.78 Å². The average molecular weight is 486 g/mol. The van der Waals surface area contributed by atoms with Crippen molar-refractivity contribution in [1.29, 1.82) is 0 Å². The molecule has 0 amide bonds. The van der Waals surface area contributed by atoms with Crippen LogP contribution in [0, 0.1) is 14.4 Å². The van der Waals surface area contributed by atoms with Gasteiger partial charge in [0, 0.05) is 45.3 Å². The van der Waals surface area contributed by atoms with Gasteiger partial charge in [-0.2, -0.15) is 4.98 Å². The standard InChI is InChI=1S/C15H16N2O4S2.C2H6.CH3.Y/c1-4-21-15-16-14-12(22-15)11(18)13(23(19,20)17(14)3)10-8-6-5-7-9(10)2;1-2;;/h5-8,18H,4H2,1-3H3;1-2H3;1H3;/q;;-1;. The molecule has 0 fully saturated rings. The van der Waals surface area contributed by atoms with E-state index in [1.165, 1.54) is 7.05 Å². The summed E-state index contributed by atoms with van der Waals surface area (Å²) in [6.07, 6.45) is 0. The Morgan fingerprint density at radius 1 is 1.26 bits per heavy atom. The van der Waals surface area contributed by atoms with Crippen LogP contribution in [0.2, 0.25) is 0 Å². The molecule has 147 valence electrons. The van der Waals surface area contributed by atoms with Crippen molar-refractivity contribution in [2.75, 3.05) is 18.0 Å². The largest absolute Gasteiger partial charge is 0.505 e. The fourth-order valence-corrected chi connectivity index (χ4v) is 4.98. The summed E-state index contributed by atoms with van der Waals surface area (Å²) in [5.41, 5.74) is 1.25. The van der Waals surface area contributed by atoms with Crippen molar-refractivity contribution in [3.05, 3.63) is 47.7 Å². The van der Waals surface area contributed by atoms with Crippen molar-refractivity contribution in [1.82, 2.24) is 4.98 Å². The van der Waals surface area contributed by atoms with E-state index < -0.39 is 10.0 Å². The van der Waals surface area contributed by atoms with Gasteiger partial charge < -0.3 is 17.3 Å². The Bertz CT molecular complexity index is 908. The molecule has 0 saturated heterocycles. The fraction of sp³-hybridized carbons (Fsp3) is 0.333. The van der Waals surface area contributed by atoms with Gasteiger partial charge in [-0.05, 0) is 19.4 Å². The van der Waals surface area contributed by atoms with Gasteiger partial charge >= 0.3 is 0 Å². The van der Waals surface area contributed by atoms with Crippen LogP contribution in [-0.4, -0.2) is 32.2 Å². The van der Waals surface area contributed by atoms with Gasteiger partial charge in [0.2, 0.25) is 0 Å². The number of aliphatic hydroxyl groups excluding tert-OH is 1. The Kier molecular flexibility index (Phi) is 10.2. The average Bonchev–Trinajstić information content (AvgIpc) is 3.01. The second kappa shape index (κ2) is 10.6. The SMILES string of the molecule is CC.CCOc1nc2c(s1)C(O)=C(c1ccccc1C)S(=O)(=O)N2C.[CH3-].[Y]. The Morgan fingerprint density at radius 3 is 2.41 bits per heavy atom. The predicted octanol–water partition coefficient (Wildman–Crippen LogP) is 4.49. The molecule has 9 heteroatoms. The summed E-state index contributed by atoms with van der Waals surface area (Å²) < 4.78 is 32.1. The van der Waals surface area contributed by atoms with Crippen molar-refractivity contribution in [3.8, 4) is 5.19 Å². The van der Waals surface area contributed by atoms with Gasteiger partial charge in [0.25, 0.3) is 15.2 Å². The molecule has 0 spiro atoms. The molecular weight excluding hydrogens is 461 g/mol. The van der Waals surface area contributed by atoms with E-state index in [1.807, 2.05) is 26.8 Å². The number of aromatic nitrogens is 1. The zero-order valence-electron chi connectivity index (χ0n) is 16.5. The fourth-order valence-electron chi connectivity index (χ4n) is 2.42. The number of aliphatic hydroxyl groups is 1.